The van der Waals surface area contributed by atoms with Crippen molar-refractivity contribution in [2.24, 2.45) is 7.05 Å². The number of carbonyl (C=O) groups excluding carboxylic acids is 1. The summed E-state index contributed by atoms with van der Waals surface area (Å²) >= 11 is 5.72. The zero-order valence-corrected chi connectivity index (χ0v) is 13.1. The van der Waals surface area contributed by atoms with Gasteiger partial charge in [-0.15, -0.1) is 11.6 Å². The van der Waals surface area contributed by atoms with Crippen LogP contribution in [-0.4, -0.2) is 15.7 Å². The first kappa shape index (κ1) is 17.3. The number of pyridine rings is 1. The fraction of sp³-hybridized carbons (Fsp3) is 0.250. The molecule has 1 aromatic heterocycles. The maximum atomic E-state index is 12.8. The van der Waals surface area contributed by atoms with E-state index >= 15 is 0 Å². The molecule has 0 amide bonds. The Morgan fingerprint density at radius 1 is 1.26 bits per heavy atom. The van der Waals surface area contributed by atoms with Gasteiger partial charge in [-0.3, -0.25) is 9.59 Å². The van der Waals surface area contributed by atoms with Gasteiger partial charge in [-0.05, 0) is 24.6 Å². The SMILES string of the molecule is CC(Cl)C(=O)c1cn(C)cc(-c2cccc(C(F)(F)F)c2)c1=O. The topological polar surface area (TPSA) is 39.1 Å². The van der Waals surface area contributed by atoms with Crippen LogP contribution >= 0.6 is 11.6 Å². The van der Waals surface area contributed by atoms with Gasteiger partial charge in [0.15, 0.2) is 11.2 Å². The number of aryl methyl sites for hydroxylation is 1. The number of aromatic nitrogens is 1. The molecule has 0 saturated heterocycles. The van der Waals surface area contributed by atoms with Gasteiger partial charge >= 0.3 is 6.18 Å². The quantitative estimate of drug-likeness (QED) is 0.626. The van der Waals surface area contributed by atoms with Crippen LogP contribution in [-0.2, 0) is 13.2 Å². The first-order valence-corrected chi connectivity index (χ1v) is 7.11. The summed E-state index contributed by atoms with van der Waals surface area (Å²) < 4.78 is 39.9. The predicted molar refractivity (Wildman–Crippen MR) is 81.8 cm³/mol. The van der Waals surface area contributed by atoms with Crippen molar-refractivity contribution in [2.45, 2.75) is 18.5 Å². The molecule has 1 atom stereocenters. The predicted octanol–water partition coefficient (Wildman–Crippen LogP) is 3.88. The Bertz CT molecular complexity index is 810. The Morgan fingerprint density at radius 2 is 1.91 bits per heavy atom. The first-order chi connectivity index (χ1) is 10.6. The summed E-state index contributed by atoms with van der Waals surface area (Å²) in [4.78, 5) is 24.5. The largest absolute Gasteiger partial charge is 0.416 e. The van der Waals surface area contributed by atoms with E-state index in [1.807, 2.05) is 0 Å². The maximum Gasteiger partial charge on any atom is 0.416 e. The van der Waals surface area contributed by atoms with Crippen molar-refractivity contribution in [3.05, 3.63) is 58.0 Å². The Balaban J connectivity index is 2.66. The fourth-order valence-electron chi connectivity index (χ4n) is 2.17. The lowest BCUT2D eigenvalue weighted by Gasteiger charge is -2.11. The summed E-state index contributed by atoms with van der Waals surface area (Å²) in [6.45, 7) is 1.43. The van der Waals surface area contributed by atoms with E-state index in [2.05, 4.69) is 0 Å². The molecule has 1 unspecified atom stereocenters. The summed E-state index contributed by atoms with van der Waals surface area (Å²) in [5, 5.41) is -0.903. The van der Waals surface area contributed by atoms with Gasteiger partial charge in [0.1, 0.15) is 0 Å². The second kappa shape index (κ2) is 6.20. The van der Waals surface area contributed by atoms with Gasteiger partial charge in [-0.1, -0.05) is 12.1 Å². The third kappa shape index (κ3) is 3.64. The second-order valence-electron chi connectivity index (χ2n) is 5.14. The van der Waals surface area contributed by atoms with E-state index < -0.39 is 28.3 Å². The average molecular weight is 344 g/mol. The lowest BCUT2D eigenvalue weighted by atomic mass is 10.0. The van der Waals surface area contributed by atoms with Crippen LogP contribution in [0, 0.1) is 0 Å². The molecule has 122 valence electrons. The second-order valence-corrected chi connectivity index (χ2v) is 5.79. The monoisotopic (exact) mass is 343 g/mol. The minimum absolute atomic E-state index is 0.0155. The highest BCUT2D eigenvalue weighted by Gasteiger charge is 2.30. The molecular weight excluding hydrogens is 331 g/mol. The number of halogens is 4. The highest BCUT2D eigenvalue weighted by atomic mass is 35.5. The molecule has 2 rings (SSSR count). The number of alkyl halides is 4. The molecule has 0 aliphatic heterocycles. The van der Waals surface area contributed by atoms with Crippen molar-refractivity contribution in [1.29, 1.82) is 0 Å². The standard InChI is InChI=1S/C16H13ClF3NO2/c1-9(17)14(22)13-8-21(2)7-12(15(13)23)10-4-3-5-11(6-10)16(18,19)20/h3-9H,1-2H3. The summed E-state index contributed by atoms with van der Waals surface area (Å²) in [5.41, 5.74) is -1.54. The molecule has 0 radical (unpaired) electrons. The summed E-state index contributed by atoms with van der Waals surface area (Å²) in [6, 6.07) is 4.42. The van der Waals surface area contributed by atoms with Crippen molar-refractivity contribution in [3.8, 4) is 11.1 Å². The lowest BCUT2D eigenvalue weighted by Crippen LogP contribution is -2.23. The van der Waals surface area contributed by atoms with Gasteiger partial charge in [-0.25, -0.2) is 0 Å². The molecular formula is C16H13ClF3NO2. The molecule has 0 spiro atoms. The van der Waals surface area contributed by atoms with E-state index in [1.54, 1.807) is 7.05 Å². The Hall–Kier alpha value is -2.08. The van der Waals surface area contributed by atoms with E-state index in [9.17, 15) is 22.8 Å². The smallest absolute Gasteiger partial charge is 0.356 e. The molecule has 0 N–H and O–H groups in total. The molecule has 0 aliphatic rings. The highest BCUT2D eigenvalue weighted by Crippen LogP contribution is 2.31. The van der Waals surface area contributed by atoms with Gasteiger partial charge < -0.3 is 4.57 Å². The molecule has 0 saturated carbocycles. The summed E-state index contributed by atoms with van der Waals surface area (Å²) in [7, 11) is 1.58. The average Bonchev–Trinajstić information content (AvgIpc) is 2.47. The molecule has 0 fully saturated rings. The number of ketones is 1. The Kier molecular flexibility index (Phi) is 4.66. The highest BCUT2D eigenvalue weighted by molar-refractivity contribution is 6.33. The normalized spacial score (nSPS) is 13.0. The van der Waals surface area contributed by atoms with Crippen LogP contribution in [0.1, 0.15) is 22.8 Å². The van der Waals surface area contributed by atoms with E-state index in [0.717, 1.165) is 12.1 Å². The molecule has 1 aromatic carbocycles. The molecule has 0 aliphatic carbocycles. The van der Waals surface area contributed by atoms with Crippen molar-refractivity contribution < 1.29 is 18.0 Å². The van der Waals surface area contributed by atoms with Crippen LogP contribution in [0.15, 0.2) is 41.5 Å². The first-order valence-electron chi connectivity index (χ1n) is 6.67. The number of hydrogen-bond acceptors (Lipinski definition) is 2. The fourth-order valence-corrected chi connectivity index (χ4v) is 2.28. The number of Topliss-reactive ketones (excluding diaryl/α,β-unsaturated/α-hetero) is 1. The number of rotatable bonds is 3. The Morgan fingerprint density at radius 3 is 2.48 bits per heavy atom. The third-order valence-corrected chi connectivity index (χ3v) is 3.48. The summed E-state index contributed by atoms with van der Waals surface area (Å²) in [5.74, 6) is -0.568. The van der Waals surface area contributed by atoms with Gasteiger partial charge in [0.2, 0.25) is 0 Å². The zero-order valence-electron chi connectivity index (χ0n) is 12.3. The van der Waals surface area contributed by atoms with Crippen LogP contribution in [0.2, 0.25) is 0 Å². The van der Waals surface area contributed by atoms with Gasteiger partial charge in [-0.2, -0.15) is 13.2 Å². The number of nitrogens with zero attached hydrogens (tertiary/aromatic N) is 1. The van der Waals surface area contributed by atoms with Crippen LogP contribution in [0.4, 0.5) is 13.2 Å². The minimum Gasteiger partial charge on any atom is -0.356 e. The van der Waals surface area contributed by atoms with Crippen LogP contribution in [0.3, 0.4) is 0 Å². The number of carbonyl (C=O) groups is 1. The Labute approximate surface area is 135 Å². The van der Waals surface area contributed by atoms with Crippen molar-refractivity contribution >= 4 is 17.4 Å². The number of hydrogen-bond donors (Lipinski definition) is 0. The van der Waals surface area contributed by atoms with Crippen molar-refractivity contribution in [1.82, 2.24) is 4.57 Å². The molecule has 2 aromatic rings. The minimum atomic E-state index is -4.51. The van der Waals surface area contributed by atoms with E-state index in [-0.39, 0.29) is 16.7 Å². The maximum absolute atomic E-state index is 12.8. The lowest BCUT2D eigenvalue weighted by molar-refractivity contribution is -0.137. The van der Waals surface area contributed by atoms with Crippen LogP contribution in [0.5, 0.6) is 0 Å². The van der Waals surface area contributed by atoms with Crippen molar-refractivity contribution in [2.75, 3.05) is 0 Å². The van der Waals surface area contributed by atoms with Gasteiger partial charge in [0.05, 0.1) is 16.5 Å². The van der Waals surface area contributed by atoms with Crippen molar-refractivity contribution in [3.63, 3.8) is 0 Å². The van der Waals surface area contributed by atoms with E-state index in [4.69, 9.17) is 11.6 Å². The van der Waals surface area contributed by atoms with E-state index in [1.165, 1.54) is 36.0 Å². The molecule has 23 heavy (non-hydrogen) atoms. The zero-order chi connectivity index (χ0) is 17.4. The molecule has 1 heterocycles. The number of benzene rings is 1. The summed E-state index contributed by atoms with van der Waals surface area (Å²) in [6.07, 6.45) is -1.81. The van der Waals surface area contributed by atoms with Crippen LogP contribution < -0.4 is 5.43 Å². The van der Waals surface area contributed by atoms with Gasteiger partial charge in [0.25, 0.3) is 0 Å². The molecule has 7 heteroatoms. The molecule has 3 nitrogen and oxygen atoms in total. The third-order valence-electron chi connectivity index (χ3n) is 3.28. The molecule has 0 bridgehead atoms. The van der Waals surface area contributed by atoms with Crippen LogP contribution in [0.25, 0.3) is 11.1 Å². The van der Waals surface area contributed by atoms with Gasteiger partial charge in [0, 0.05) is 25.0 Å². The van der Waals surface area contributed by atoms with E-state index in [0.29, 0.717) is 0 Å².